The predicted octanol–water partition coefficient (Wildman–Crippen LogP) is 7.53. The zero-order valence-electron chi connectivity index (χ0n) is 14.3. The van der Waals surface area contributed by atoms with Crippen molar-refractivity contribution in [3.05, 3.63) is 77.2 Å². The van der Waals surface area contributed by atoms with E-state index in [0.717, 1.165) is 17.7 Å². The summed E-state index contributed by atoms with van der Waals surface area (Å²) in [6, 6.07) is 13.4. The number of hydrogen-bond acceptors (Lipinski definition) is 3. The van der Waals surface area contributed by atoms with Crippen LogP contribution in [0.2, 0.25) is 0 Å². The molecule has 1 heterocycles. The van der Waals surface area contributed by atoms with E-state index in [1.807, 2.05) is 6.07 Å². The molecule has 4 rings (SSSR count). The highest BCUT2D eigenvalue weighted by Gasteiger charge is 2.18. The molecule has 0 saturated carbocycles. The van der Waals surface area contributed by atoms with Gasteiger partial charge in [0.15, 0.2) is 0 Å². The van der Waals surface area contributed by atoms with Crippen LogP contribution in [0.4, 0.5) is 14.5 Å². The molecule has 0 saturated heterocycles. The number of thiocarbonyl (C=S) groups is 1. The minimum Gasteiger partial charge on any atom is -0.206 e. The summed E-state index contributed by atoms with van der Waals surface area (Å²) in [5.41, 5.74) is 1.59. The third-order valence-electron chi connectivity index (χ3n) is 4.69. The number of nitrogens with zero attached hydrogens (tertiary/aromatic N) is 1. The highest BCUT2D eigenvalue weighted by Crippen LogP contribution is 2.39. The monoisotopic (exact) mass is 395 g/mol. The minimum atomic E-state index is -0.575. The molecule has 2 aromatic carbocycles. The van der Waals surface area contributed by atoms with Crippen LogP contribution in [0.15, 0.2) is 65.7 Å². The SMILES string of the molecule is Fc1cc(-c2ccc(C3CC=CC3)s2)cc(F)c1-c1ccc(N=C=S)cc1. The molecule has 1 aromatic heterocycles. The van der Waals surface area contributed by atoms with Crippen LogP contribution in [0, 0.1) is 11.6 Å². The van der Waals surface area contributed by atoms with E-state index in [-0.39, 0.29) is 5.56 Å². The topological polar surface area (TPSA) is 12.4 Å². The van der Waals surface area contributed by atoms with E-state index in [1.165, 1.54) is 17.0 Å². The molecule has 0 atom stereocenters. The van der Waals surface area contributed by atoms with Gasteiger partial charge in [0.2, 0.25) is 0 Å². The van der Waals surface area contributed by atoms with Crippen molar-refractivity contribution < 1.29 is 8.78 Å². The van der Waals surface area contributed by atoms with Crippen LogP contribution in [-0.2, 0) is 0 Å². The first-order valence-electron chi connectivity index (χ1n) is 8.58. The molecule has 0 bridgehead atoms. The highest BCUT2D eigenvalue weighted by atomic mass is 32.1. The van der Waals surface area contributed by atoms with E-state index in [1.54, 1.807) is 35.6 Å². The van der Waals surface area contributed by atoms with Crippen LogP contribution < -0.4 is 0 Å². The number of hydrogen-bond donors (Lipinski definition) is 0. The first kappa shape index (κ1) is 17.9. The van der Waals surface area contributed by atoms with Crippen molar-refractivity contribution in [3.8, 4) is 21.6 Å². The number of benzene rings is 2. The Morgan fingerprint density at radius 2 is 1.59 bits per heavy atom. The standard InChI is InChI=1S/C22H15F2NS2/c23-18-11-16(21-10-9-20(27-21)14-3-1-2-4-14)12-19(24)22(18)15-5-7-17(8-6-15)25-13-26/h1-2,5-12,14H,3-4H2. The van der Waals surface area contributed by atoms with Crippen LogP contribution in [0.5, 0.6) is 0 Å². The number of isothiocyanates is 1. The first-order valence-corrected chi connectivity index (χ1v) is 9.80. The molecular weight excluding hydrogens is 380 g/mol. The maximum absolute atomic E-state index is 14.7. The number of thiophene rings is 1. The molecule has 1 nitrogen and oxygen atoms in total. The fourth-order valence-corrected chi connectivity index (χ4v) is 4.55. The summed E-state index contributed by atoms with van der Waals surface area (Å²) in [4.78, 5) is 5.99. The normalized spacial score (nSPS) is 13.7. The quantitative estimate of drug-likeness (QED) is 0.253. The molecular formula is C22H15F2NS2. The summed E-state index contributed by atoms with van der Waals surface area (Å²) in [6.45, 7) is 0. The Morgan fingerprint density at radius 1 is 0.926 bits per heavy atom. The molecule has 0 aliphatic heterocycles. The van der Waals surface area contributed by atoms with Gasteiger partial charge < -0.3 is 0 Å². The van der Waals surface area contributed by atoms with Crippen molar-refractivity contribution in [1.82, 2.24) is 0 Å². The first-order chi connectivity index (χ1) is 13.2. The van der Waals surface area contributed by atoms with Crippen molar-refractivity contribution in [3.63, 3.8) is 0 Å². The van der Waals surface area contributed by atoms with Gasteiger partial charge in [0, 0.05) is 15.7 Å². The lowest BCUT2D eigenvalue weighted by atomic mass is 10.0. The summed E-state index contributed by atoms with van der Waals surface area (Å²) in [5.74, 6) is -0.659. The van der Waals surface area contributed by atoms with Gasteiger partial charge in [0.05, 0.1) is 16.4 Å². The second kappa shape index (κ2) is 7.65. The van der Waals surface area contributed by atoms with E-state index in [2.05, 4.69) is 40.6 Å². The average Bonchev–Trinajstić information content (AvgIpc) is 3.34. The lowest BCUT2D eigenvalue weighted by Crippen LogP contribution is -1.91. The molecule has 0 amide bonds. The number of rotatable bonds is 4. The fraction of sp³-hybridized carbons (Fsp3) is 0.136. The van der Waals surface area contributed by atoms with Crippen LogP contribution >= 0.6 is 23.6 Å². The maximum Gasteiger partial charge on any atom is 0.134 e. The van der Waals surface area contributed by atoms with Crippen LogP contribution in [0.25, 0.3) is 21.6 Å². The molecule has 27 heavy (non-hydrogen) atoms. The van der Waals surface area contributed by atoms with Gasteiger partial charge in [-0.25, -0.2) is 8.78 Å². The summed E-state index contributed by atoms with van der Waals surface area (Å²) < 4.78 is 29.5. The van der Waals surface area contributed by atoms with E-state index in [0.29, 0.717) is 22.7 Å². The second-order valence-electron chi connectivity index (χ2n) is 6.41. The highest BCUT2D eigenvalue weighted by molar-refractivity contribution is 7.78. The molecule has 0 unspecified atom stereocenters. The lowest BCUT2D eigenvalue weighted by Gasteiger charge is -2.08. The van der Waals surface area contributed by atoms with Gasteiger partial charge in [-0.05, 0) is 72.6 Å². The third kappa shape index (κ3) is 3.67. The van der Waals surface area contributed by atoms with Gasteiger partial charge >= 0.3 is 0 Å². The molecule has 134 valence electrons. The third-order valence-corrected chi connectivity index (χ3v) is 6.08. The Kier molecular flexibility index (Phi) is 5.08. The zero-order valence-corrected chi connectivity index (χ0v) is 15.9. The van der Waals surface area contributed by atoms with Gasteiger partial charge in [-0.15, -0.1) is 11.3 Å². The summed E-state index contributed by atoms with van der Waals surface area (Å²) >= 11 is 6.17. The Hall–Kier alpha value is -2.46. The van der Waals surface area contributed by atoms with Gasteiger partial charge in [0.1, 0.15) is 11.6 Å². The van der Waals surface area contributed by atoms with Crippen molar-refractivity contribution >= 4 is 34.4 Å². The smallest absolute Gasteiger partial charge is 0.134 e. The van der Waals surface area contributed by atoms with Crippen molar-refractivity contribution in [1.29, 1.82) is 0 Å². The van der Waals surface area contributed by atoms with Crippen LogP contribution in [0.1, 0.15) is 23.6 Å². The molecule has 1 aliphatic carbocycles. The van der Waals surface area contributed by atoms with Gasteiger partial charge in [-0.3, -0.25) is 0 Å². The molecule has 0 fully saturated rings. The van der Waals surface area contributed by atoms with Gasteiger partial charge in [-0.1, -0.05) is 24.3 Å². The molecule has 0 radical (unpaired) electrons. The van der Waals surface area contributed by atoms with Gasteiger partial charge in [0.25, 0.3) is 0 Å². The van der Waals surface area contributed by atoms with Crippen molar-refractivity contribution in [2.75, 3.05) is 0 Å². The number of allylic oxidation sites excluding steroid dienone is 2. The van der Waals surface area contributed by atoms with Crippen LogP contribution in [-0.4, -0.2) is 5.16 Å². The van der Waals surface area contributed by atoms with Gasteiger partial charge in [-0.2, -0.15) is 4.99 Å². The summed E-state index contributed by atoms with van der Waals surface area (Å²) in [7, 11) is 0. The Labute approximate surface area is 165 Å². The van der Waals surface area contributed by atoms with E-state index in [9.17, 15) is 8.78 Å². The molecule has 3 aromatic rings. The van der Waals surface area contributed by atoms with E-state index >= 15 is 0 Å². The molecule has 5 heteroatoms. The predicted molar refractivity (Wildman–Crippen MR) is 111 cm³/mol. The Morgan fingerprint density at radius 3 is 2.22 bits per heavy atom. The number of aliphatic imine (C=N–C) groups is 1. The molecule has 1 aliphatic rings. The largest absolute Gasteiger partial charge is 0.206 e. The maximum atomic E-state index is 14.7. The minimum absolute atomic E-state index is 0.0339. The Balaban J connectivity index is 1.66. The van der Waals surface area contributed by atoms with Crippen molar-refractivity contribution in [2.24, 2.45) is 4.99 Å². The number of halogens is 2. The zero-order chi connectivity index (χ0) is 18.8. The second-order valence-corrected chi connectivity index (χ2v) is 7.70. The Bertz CT molecular complexity index is 1030. The fourth-order valence-electron chi connectivity index (χ4n) is 3.32. The van der Waals surface area contributed by atoms with Crippen molar-refractivity contribution in [2.45, 2.75) is 18.8 Å². The van der Waals surface area contributed by atoms with E-state index in [4.69, 9.17) is 0 Å². The van der Waals surface area contributed by atoms with Crippen LogP contribution in [0.3, 0.4) is 0 Å². The molecule has 0 N–H and O–H groups in total. The van der Waals surface area contributed by atoms with E-state index < -0.39 is 11.6 Å². The average molecular weight is 395 g/mol. The lowest BCUT2D eigenvalue weighted by molar-refractivity contribution is 0.590. The summed E-state index contributed by atoms with van der Waals surface area (Å²) in [6.07, 6.45) is 6.43. The molecule has 0 spiro atoms. The summed E-state index contributed by atoms with van der Waals surface area (Å²) in [5, 5.41) is 2.27.